The van der Waals surface area contributed by atoms with Gasteiger partial charge < -0.3 is 9.64 Å². The maximum atomic E-state index is 15.3. The van der Waals surface area contributed by atoms with Gasteiger partial charge in [-0.25, -0.2) is 9.18 Å². The van der Waals surface area contributed by atoms with Crippen LogP contribution in [0.1, 0.15) is 27.0 Å². The normalized spacial score (nSPS) is 15.2. The van der Waals surface area contributed by atoms with E-state index in [4.69, 9.17) is 27.9 Å². The maximum absolute atomic E-state index is 15.3. The Bertz CT molecular complexity index is 1320. The number of nitrogens with zero attached hydrogens (tertiary/aromatic N) is 1. The van der Waals surface area contributed by atoms with Crippen LogP contribution >= 0.6 is 23.2 Å². The smallest absolute Gasteiger partial charge is 0.417 e. The highest BCUT2D eigenvalue weighted by Crippen LogP contribution is 2.38. The van der Waals surface area contributed by atoms with Crippen molar-refractivity contribution in [1.82, 2.24) is 4.90 Å². The summed E-state index contributed by atoms with van der Waals surface area (Å²) in [4.78, 5) is 26.0. The summed E-state index contributed by atoms with van der Waals surface area (Å²) in [6.07, 6.45) is -5.05. The SMILES string of the molecule is O=C(/C=C(\c1cc(Cl)cc(Cl)c1)C(F)(F)F)c1ccc(C2(F)CN(C(=O)OCc3ccccc3)C2)cc1. The number of allylic oxidation sites excluding steroid dienone is 2. The number of carbonyl (C=O) groups is 2. The van der Waals surface area contributed by atoms with Gasteiger partial charge in [-0.05, 0) is 41.0 Å². The van der Waals surface area contributed by atoms with Crippen LogP contribution in [-0.2, 0) is 17.0 Å². The zero-order chi connectivity index (χ0) is 26.8. The highest BCUT2D eigenvalue weighted by molar-refractivity contribution is 6.35. The second-order valence-corrected chi connectivity index (χ2v) is 9.39. The Morgan fingerprint density at radius 2 is 1.51 bits per heavy atom. The van der Waals surface area contributed by atoms with Crippen molar-refractivity contribution in [3.05, 3.63) is 111 Å². The molecule has 1 amide bonds. The van der Waals surface area contributed by atoms with Gasteiger partial charge in [0, 0.05) is 15.6 Å². The third kappa shape index (κ3) is 6.32. The molecule has 0 radical (unpaired) electrons. The molecule has 3 aromatic rings. The van der Waals surface area contributed by atoms with Gasteiger partial charge in [-0.15, -0.1) is 0 Å². The Morgan fingerprint density at radius 3 is 2.08 bits per heavy atom. The number of amides is 1. The molecule has 3 aromatic carbocycles. The number of hydrogen-bond donors (Lipinski definition) is 0. The molecule has 0 bridgehead atoms. The fourth-order valence-corrected chi connectivity index (χ4v) is 4.39. The van der Waals surface area contributed by atoms with E-state index in [9.17, 15) is 22.8 Å². The van der Waals surface area contributed by atoms with Gasteiger partial charge in [0.1, 0.15) is 6.61 Å². The molecule has 192 valence electrons. The second kappa shape index (κ2) is 10.6. The molecule has 1 saturated heterocycles. The Balaban J connectivity index is 1.43. The van der Waals surface area contributed by atoms with Crippen molar-refractivity contribution in [2.45, 2.75) is 18.5 Å². The quantitative estimate of drug-likeness (QED) is 0.179. The van der Waals surface area contributed by atoms with Gasteiger partial charge in [0.2, 0.25) is 0 Å². The molecule has 0 aliphatic carbocycles. The van der Waals surface area contributed by atoms with E-state index in [0.29, 0.717) is 6.08 Å². The number of ketones is 1. The van der Waals surface area contributed by atoms with Crippen molar-refractivity contribution in [2.24, 2.45) is 0 Å². The van der Waals surface area contributed by atoms with E-state index in [1.165, 1.54) is 35.2 Å². The summed E-state index contributed by atoms with van der Waals surface area (Å²) in [5.41, 5.74) is -2.51. The molecule has 0 aromatic heterocycles. The average molecular weight is 552 g/mol. The van der Waals surface area contributed by atoms with Crippen molar-refractivity contribution in [3.8, 4) is 0 Å². The van der Waals surface area contributed by atoms with Crippen molar-refractivity contribution >= 4 is 40.7 Å². The first kappa shape index (κ1) is 26.7. The fraction of sp³-hybridized carbons (Fsp3) is 0.185. The maximum Gasteiger partial charge on any atom is 0.417 e. The third-order valence-corrected chi connectivity index (χ3v) is 6.22. The molecule has 4 rings (SSSR count). The summed E-state index contributed by atoms with van der Waals surface area (Å²) in [5, 5.41) is -0.0256. The zero-order valence-electron chi connectivity index (χ0n) is 19.1. The second-order valence-electron chi connectivity index (χ2n) is 8.52. The fourth-order valence-electron chi connectivity index (χ4n) is 3.87. The van der Waals surface area contributed by atoms with Gasteiger partial charge in [-0.2, -0.15) is 13.2 Å². The molecule has 1 fully saturated rings. The minimum Gasteiger partial charge on any atom is -0.445 e. The molecule has 1 aliphatic heterocycles. The summed E-state index contributed by atoms with van der Waals surface area (Å²) in [5.74, 6) is -0.928. The minimum absolute atomic E-state index is 0.0128. The van der Waals surface area contributed by atoms with Crippen LogP contribution in [0.2, 0.25) is 10.0 Å². The summed E-state index contributed by atoms with van der Waals surface area (Å²) < 4.78 is 61.5. The Morgan fingerprint density at radius 1 is 0.919 bits per heavy atom. The van der Waals surface area contributed by atoms with Crippen LogP contribution < -0.4 is 0 Å². The van der Waals surface area contributed by atoms with E-state index < -0.39 is 29.3 Å². The first-order valence-electron chi connectivity index (χ1n) is 11.0. The van der Waals surface area contributed by atoms with Crippen molar-refractivity contribution in [2.75, 3.05) is 13.1 Å². The molecule has 0 unspecified atom stereocenters. The summed E-state index contributed by atoms with van der Waals surface area (Å²) >= 11 is 11.6. The van der Waals surface area contributed by atoms with Crippen molar-refractivity contribution < 1.29 is 31.9 Å². The van der Waals surface area contributed by atoms with Crippen LogP contribution in [0.5, 0.6) is 0 Å². The van der Waals surface area contributed by atoms with Crippen molar-refractivity contribution in [1.29, 1.82) is 0 Å². The van der Waals surface area contributed by atoms with Crippen LogP contribution in [0.4, 0.5) is 22.4 Å². The van der Waals surface area contributed by atoms with Gasteiger partial charge in [0.15, 0.2) is 11.5 Å². The van der Waals surface area contributed by atoms with Gasteiger partial charge in [-0.3, -0.25) is 4.79 Å². The monoisotopic (exact) mass is 551 g/mol. The predicted octanol–water partition coefficient (Wildman–Crippen LogP) is 7.64. The minimum atomic E-state index is -4.85. The molecular formula is C27H19Cl2F4NO3. The Hall–Kier alpha value is -3.36. The van der Waals surface area contributed by atoms with Gasteiger partial charge in [0.25, 0.3) is 0 Å². The first-order chi connectivity index (χ1) is 17.4. The van der Waals surface area contributed by atoms with E-state index >= 15 is 4.39 Å². The number of hydrogen-bond acceptors (Lipinski definition) is 3. The molecular weight excluding hydrogens is 533 g/mol. The number of halogens is 6. The van der Waals surface area contributed by atoms with E-state index in [-0.39, 0.29) is 46.4 Å². The standard InChI is InChI=1S/C27H19Cl2F4NO3/c28-21-10-19(11-22(29)12-21)23(27(31,32)33)13-24(35)18-6-8-20(9-7-18)26(30)15-34(16-26)25(36)37-14-17-4-2-1-3-5-17/h1-13H,14-16H2/b23-13+. The molecule has 4 nitrogen and oxygen atoms in total. The predicted molar refractivity (Wildman–Crippen MR) is 132 cm³/mol. The lowest BCUT2D eigenvalue weighted by atomic mass is 9.87. The van der Waals surface area contributed by atoms with Crippen LogP contribution in [0.25, 0.3) is 5.57 Å². The lowest BCUT2D eigenvalue weighted by Crippen LogP contribution is -2.58. The topological polar surface area (TPSA) is 46.6 Å². The number of alkyl halides is 4. The van der Waals surface area contributed by atoms with Crippen LogP contribution in [0.3, 0.4) is 0 Å². The first-order valence-corrected chi connectivity index (χ1v) is 11.7. The van der Waals surface area contributed by atoms with Crippen LogP contribution in [-0.4, -0.2) is 36.0 Å². The molecule has 1 aliphatic rings. The molecule has 37 heavy (non-hydrogen) atoms. The van der Waals surface area contributed by atoms with Crippen LogP contribution in [0, 0.1) is 0 Å². The Labute approximate surface area is 220 Å². The van der Waals surface area contributed by atoms with Crippen molar-refractivity contribution in [3.63, 3.8) is 0 Å². The molecule has 0 spiro atoms. The van der Waals surface area contributed by atoms with Crippen LogP contribution in [0.15, 0.2) is 78.9 Å². The molecule has 0 atom stereocenters. The summed E-state index contributed by atoms with van der Waals surface area (Å²) in [6, 6.07) is 17.5. The number of ether oxygens (including phenoxy) is 1. The summed E-state index contributed by atoms with van der Waals surface area (Å²) in [6.45, 7) is -0.440. The van der Waals surface area contributed by atoms with Gasteiger partial charge >= 0.3 is 12.3 Å². The number of carbonyl (C=O) groups excluding carboxylic acids is 2. The van der Waals surface area contributed by atoms with E-state index in [1.54, 1.807) is 24.3 Å². The average Bonchev–Trinajstić information content (AvgIpc) is 2.83. The largest absolute Gasteiger partial charge is 0.445 e. The highest BCUT2D eigenvalue weighted by atomic mass is 35.5. The lowest BCUT2D eigenvalue weighted by molar-refractivity contribution is -0.0689. The molecule has 0 saturated carbocycles. The highest BCUT2D eigenvalue weighted by Gasteiger charge is 2.48. The lowest BCUT2D eigenvalue weighted by Gasteiger charge is -2.43. The number of rotatable bonds is 6. The third-order valence-electron chi connectivity index (χ3n) is 5.79. The van der Waals surface area contributed by atoms with Gasteiger partial charge in [-0.1, -0.05) is 77.8 Å². The molecule has 1 heterocycles. The summed E-state index contributed by atoms with van der Waals surface area (Å²) in [7, 11) is 0. The van der Waals surface area contributed by atoms with E-state index in [1.807, 2.05) is 6.07 Å². The molecule has 10 heteroatoms. The van der Waals surface area contributed by atoms with E-state index in [2.05, 4.69) is 0 Å². The molecule has 0 N–H and O–H groups in total. The number of likely N-dealkylation sites (tertiary alicyclic amines) is 1. The Kier molecular flexibility index (Phi) is 7.62. The zero-order valence-corrected chi connectivity index (χ0v) is 20.6. The van der Waals surface area contributed by atoms with Gasteiger partial charge in [0.05, 0.1) is 18.7 Å². The van der Waals surface area contributed by atoms with E-state index in [0.717, 1.165) is 17.7 Å². The number of benzene rings is 3.